The molecule has 0 fully saturated rings. The summed E-state index contributed by atoms with van der Waals surface area (Å²) in [6.07, 6.45) is 0. The number of hydrogen-bond donors (Lipinski definition) is 0. The molecule has 0 unspecified atom stereocenters. The van der Waals surface area contributed by atoms with E-state index < -0.39 is 8.32 Å². The maximum absolute atomic E-state index is 6.63. The molecule has 0 amide bonds. The minimum absolute atomic E-state index is 0.507. The standard InChI is InChI=1S/C19H29NO2Si/c1-13(2)23(14(3)4,15(5)6)22-19-16(7)20-18(21-19)17-11-9-8-10-12-17/h8-15H,1-7H3. The molecule has 1 aromatic heterocycles. The topological polar surface area (TPSA) is 35.3 Å². The van der Waals surface area contributed by atoms with Gasteiger partial charge in [-0.2, -0.15) is 0 Å². The number of hydrogen-bond acceptors (Lipinski definition) is 3. The third-order valence-electron chi connectivity index (χ3n) is 4.75. The van der Waals surface area contributed by atoms with E-state index in [0.29, 0.717) is 28.5 Å². The van der Waals surface area contributed by atoms with Gasteiger partial charge in [-0.15, -0.1) is 0 Å². The predicted octanol–water partition coefficient (Wildman–Crippen LogP) is 6.20. The van der Waals surface area contributed by atoms with Crippen molar-refractivity contribution in [3.05, 3.63) is 36.0 Å². The third kappa shape index (κ3) is 3.37. The first-order valence-corrected chi connectivity index (χ1v) is 10.6. The summed E-state index contributed by atoms with van der Waals surface area (Å²) in [5.41, 5.74) is 3.34. The summed E-state index contributed by atoms with van der Waals surface area (Å²) in [5, 5.41) is 0. The molecule has 23 heavy (non-hydrogen) atoms. The fourth-order valence-electron chi connectivity index (χ4n) is 3.70. The van der Waals surface area contributed by atoms with Crippen LogP contribution < -0.4 is 4.43 Å². The molecule has 0 radical (unpaired) electrons. The molecule has 0 N–H and O–H groups in total. The Labute approximate surface area is 141 Å². The van der Waals surface area contributed by atoms with Gasteiger partial charge in [0.1, 0.15) is 5.69 Å². The molecule has 2 aromatic rings. The Bertz CT molecular complexity index is 610. The lowest BCUT2D eigenvalue weighted by Crippen LogP contribution is -2.50. The summed E-state index contributed by atoms with van der Waals surface area (Å²) in [5.74, 6) is 1.24. The van der Waals surface area contributed by atoms with Crippen molar-refractivity contribution in [3.8, 4) is 17.4 Å². The molecule has 126 valence electrons. The zero-order chi connectivity index (χ0) is 17.2. The van der Waals surface area contributed by atoms with Gasteiger partial charge in [-0.1, -0.05) is 59.7 Å². The molecule has 0 atom stereocenters. The molecular weight excluding hydrogens is 302 g/mol. The summed E-state index contributed by atoms with van der Waals surface area (Å²) in [7, 11) is -2.02. The first-order chi connectivity index (χ1) is 10.8. The van der Waals surface area contributed by atoms with Crippen LogP contribution in [0.5, 0.6) is 5.95 Å². The second-order valence-electron chi connectivity index (χ2n) is 7.18. The molecular formula is C19H29NO2Si. The van der Waals surface area contributed by atoms with Crippen LogP contribution in [0.25, 0.3) is 11.5 Å². The number of aryl methyl sites for hydroxylation is 1. The number of oxazole rings is 1. The molecule has 4 heteroatoms. The Morgan fingerprint density at radius 3 is 1.91 bits per heavy atom. The van der Waals surface area contributed by atoms with Gasteiger partial charge in [0, 0.05) is 5.56 Å². The van der Waals surface area contributed by atoms with Crippen LogP contribution in [0.2, 0.25) is 16.6 Å². The highest BCUT2D eigenvalue weighted by atomic mass is 28.4. The van der Waals surface area contributed by atoms with Crippen molar-refractivity contribution in [2.45, 2.75) is 65.1 Å². The highest BCUT2D eigenvalue weighted by molar-refractivity contribution is 6.78. The highest BCUT2D eigenvalue weighted by Crippen LogP contribution is 2.43. The van der Waals surface area contributed by atoms with Crippen LogP contribution in [0.15, 0.2) is 34.7 Å². The van der Waals surface area contributed by atoms with Crippen molar-refractivity contribution in [3.63, 3.8) is 0 Å². The molecule has 0 saturated carbocycles. The molecule has 0 bridgehead atoms. The van der Waals surface area contributed by atoms with Crippen LogP contribution in [-0.2, 0) is 0 Å². The predicted molar refractivity (Wildman–Crippen MR) is 98.4 cm³/mol. The first-order valence-electron chi connectivity index (χ1n) is 8.50. The monoisotopic (exact) mass is 331 g/mol. The molecule has 0 aliphatic rings. The number of aromatic nitrogens is 1. The summed E-state index contributed by atoms with van der Waals surface area (Å²) in [4.78, 5) is 4.57. The van der Waals surface area contributed by atoms with Crippen LogP contribution in [0.1, 0.15) is 47.2 Å². The molecule has 0 saturated heterocycles. The maximum atomic E-state index is 6.63. The van der Waals surface area contributed by atoms with Gasteiger partial charge in [0.15, 0.2) is 0 Å². The van der Waals surface area contributed by atoms with E-state index in [4.69, 9.17) is 8.84 Å². The van der Waals surface area contributed by atoms with Crippen molar-refractivity contribution in [1.82, 2.24) is 4.98 Å². The van der Waals surface area contributed by atoms with E-state index >= 15 is 0 Å². The van der Waals surface area contributed by atoms with Crippen LogP contribution in [0, 0.1) is 6.92 Å². The molecule has 0 spiro atoms. The second-order valence-corrected chi connectivity index (χ2v) is 12.6. The smallest absolute Gasteiger partial charge is 0.294 e. The van der Waals surface area contributed by atoms with Gasteiger partial charge in [-0.05, 0) is 35.7 Å². The number of rotatable bonds is 6. The summed E-state index contributed by atoms with van der Waals surface area (Å²) in [6.45, 7) is 15.6. The summed E-state index contributed by atoms with van der Waals surface area (Å²) >= 11 is 0. The van der Waals surface area contributed by atoms with Gasteiger partial charge in [0.2, 0.25) is 5.89 Å². The fraction of sp³-hybridized carbons (Fsp3) is 0.526. The van der Waals surface area contributed by atoms with Gasteiger partial charge in [0.05, 0.1) is 0 Å². The van der Waals surface area contributed by atoms with Crippen LogP contribution in [-0.4, -0.2) is 13.3 Å². The lowest BCUT2D eigenvalue weighted by atomic mass is 10.2. The van der Waals surface area contributed by atoms with Gasteiger partial charge >= 0.3 is 0 Å². The average molecular weight is 332 g/mol. The second kappa shape index (κ2) is 6.91. The lowest BCUT2D eigenvalue weighted by Gasteiger charge is -2.41. The quantitative estimate of drug-likeness (QED) is 0.591. The average Bonchev–Trinajstić information content (AvgIpc) is 2.85. The Morgan fingerprint density at radius 2 is 1.43 bits per heavy atom. The first kappa shape index (κ1) is 17.8. The fourth-order valence-corrected chi connectivity index (χ4v) is 8.91. The van der Waals surface area contributed by atoms with Gasteiger partial charge in [-0.3, -0.25) is 0 Å². The van der Waals surface area contributed by atoms with Crippen molar-refractivity contribution in [2.75, 3.05) is 0 Å². The van der Waals surface area contributed by atoms with E-state index in [0.717, 1.165) is 11.3 Å². The summed E-state index contributed by atoms with van der Waals surface area (Å²) in [6, 6.07) is 9.99. The van der Waals surface area contributed by atoms with Crippen LogP contribution >= 0.6 is 0 Å². The van der Waals surface area contributed by atoms with E-state index in [1.807, 2.05) is 37.3 Å². The Morgan fingerprint density at radius 1 is 0.913 bits per heavy atom. The van der Waals surface area contributed by atoms with E-state index in [1.54, 1.807) is 0 Å². The third-order valence-corrected chi connectivity index (χ3v) is 10.7. The number of benzene rings is 1. The minimum Gasteiger partial charge on any atom is -0.516 e. The zero-order valence-corrected chi connectivity index (χ0v) is 16.4. The molecule has 1 aromatic carbocycles. The van der Waals surface area contributed by atoms with E-state index in [2.05, 4.69) is 46.5 Å². The molecule has 3 nitrogen and oxygen atoms in total. The summed E-state index contributed by atoms with van der Waals surface area (Å²) < 4.78 is 12.6. The normalized spacial score (nSPS) is 12.4. The van der Waals surface area contributed by atoms with E-state index in [-0.39, 0.29) is 0 Å². The van der Waals surface area contributed by atoms with E-state index in [1.165, 1.54) is 0 Å². The maximum Gasteiger partial charge on any atom is 0.294 e. The highest BCUT2D eigenvalue weighted by Gasteiger charge is 2.48. The van der Waals surface area contributed by atoms with Crippen molar-refractivity contribution in [1.29, 1.82) is 0 Å². The zero-order valence-electron chi connectivity index (χ0n) is 15.4. The minimum atomic E-state index is -2.02. The molecule has 0 aliphatic heterocycles. The van der Waals surface area contributed by atoms with Crippen LogP contribution in [0.4, 0.5) is 0 Å². The largest absolute Gasteiger partial charge is 0.516 e. The Kier molecular flexibility index (Phi) is 5.35. The lowest BCUT2D eigenvalue weighted by molar-refractivity contribution is 0.360. The van der Waals surface area contributed by atoms with Crippen LogP contribution in [0.3, 0.4) is 0 Å². The number of nitrogens with zero attached hydrogens (tertiary/aromatic N) is 1. The van der Waals surface area contributed by atoms with E-state index in [9.17, 15) is 0 Å². The molecule has 1 heterocycles. The Hall–Kier alpha value is -1.55. The molecule has 2 rings (SSSR count). The SMILES string of the molecule is Cc1nc(-c2ccccc2)oc1O[Si](C(C)C)(C(C)C)C(C)C. The van der Waals surface area contributed by atoms with Crippen molar-refractivity contribution >= 4 is 8.32 Å². The van der Waals surface area contributed by atoms with Gasteiger partial charge in [0.25, 0.3) is 14.3 Å². The van der Waals surface area contributed by atoms with Crippen molar-refractivity contribution < 1.29 is 8.84 Å². The Balaban J connectivity index is 2.40. The van der Waals surface area contributed by atoms with Gasteiger partial charge < -0.3 is 8.84 Å². The molecule has 0 aliphatic carbocycles. The van der Waals surface area contributed by atoms with Gasteiger partial charge in [-0.25, -0.2) is 4.98 Å². The van der Waals surface area contributed by atoms with Crippen molar-refractivity contribution in [2.24, 2.45) is 0 Å².